The summed E-state index contributed by atoms with van der Waals surface area (Å²) in [7, 11) is 0. The van der Waals surface area contributed by atoms with E-state index in [1.807, 2.05) is 17.1 Å². The van der Waals surface area contributed by atoms with Crippen LogP contribution in [-0.2, 0) is 6.54 Å². The van der Waals surface area contributed by atoms with E-state index in [-0.39, 0.29) is 5.69 Å². The molecule has 0 radical (unpaired) electrons. The van der Waals surface area contributed by atoms with Crippen molar-refractivity contribution in [2.75, 3.05) is 6.54 Å². The Morgan fingerprint density at radius 3 is 2.62 bits per heavy atom. The van der Waals surface area contributed by atoms with Crippen LogP contribution in [-0.4, -0.2) is 21.2 Å². The molecule has 0 amide bonds. The lowest BCUT2D eigenvalue weighted by Crippen LogP contribution is -2.19. The Balaban J connectivity index is 2.06. The smallest absolute Gasteiger partial charge is 0.269 e. The molecule has 6 heteroatoms. The van der Waals surface area contributed by atoms with E-state index >= 15 is 0 Å². The number of nitro groups is 1. The van der Waals surface area contributed by atoms with Gasteiger partial charge in [0.05, 0.1) is 17.7 Å². The van der Waals surface area contributed by atoms with Gasteiger partial charge in [-0.05, 0) is 18.5 Å². The van der Waals surface area contributed by atoms with Crippen LogP contribution in [0.4, 0.5) is 5.69 Å². The van der Waals surface area contributed by atoms with Crippen molar-refractivity contribution in [3.8, 4) is 0 Å². The van der Waals surface area contributed by atoms with Gasteiger partial charge >= 0.3 is 0 Å². The summed E-state index contributed by atoms with van der Waals surface area (Å²) in [6.07, 6.45) is 4.91. The number of benzene rings is 1. The van der Waals surface area contributed by atoms with Gasteiger partial charge in [0, 0.05) is 29.9 Å². The highest BCUT2D eigenvalue weighted by molar-refractivity contribution is 5.33. The lowest BCUT2D eigenvalue weighted by Gasteiger charge is -2.13. The fraction of sp³-hybridized carbons (Fsp3) is 0.400. The third-order valence-electron chi connectivity index (χ3n) is 3.41. The number of hydrogen-bond acceptors (Lipinski definition) is 4. The van der Waals surface area contributed by atoms with Crippen molar-refractivity contribution >= 4 is 5.69 Å². The number of nitrogens with one attached hydrogen (secondary N) is 1. The van der Waals surface area contributed by atoms with Gasteiger partial charge in [0.15, 0.2) is 0 Å². The molecule has 0 aliphatic carbocycles. The molecule has 112 valence electrons. The molecule has 1 atom stereocenters. The predicted molar refractivity (Wildman–Crippen MR) is 81.1 cm³/mol. The molecular weight excluding hydrogens is 268 g/mol. The van der Waals surface area contributed by atoms with E-state index in [9.17, 15) is 10.1 Å². The molecule has 6 nitrogen and oxygen atoms in total. The van der Waals surface area contributed by atoms with Crippen LogP contribution in [0.2, 0.25) is 0 Å². The van der Waals surface area contributed by atoms with E-state index < -0.39 is 4.92 Å². The van der Waals surface area contributed by atoms with Crippen molar-refractivity contribution < 1.29 is 4.92 Å². The largest absolute Gasteiger partial charge is 0.310 e. The Morgan fingerprint density at radius 1 is 1.33 bits per heavy atom. The summed E-state index contributed by atoms with van der Waals surface area (Å²) in [6, 6.07) is 6.89. The highest BCUT2D eigenvalue weighted by atomic mass is 16.6. The van der Waals surface area contributed by atoms with Crippen molar-refractivity contribution in [2.24, 2.45) is 0 Å². The van der Waals surface area contributed by atoms with E-state index in [0.717, 1.165) is 18.5 Å². The SMILES string of the molecule is CCNC(CC)c1cnn(Cc2ccc([N+](=O)[O-])cc2)c1. The average Bonchev–Trinajstić information content (AvgIpc) is 2.93. The second-order valence-corrected chi connectivity index (χ2v) is 4.91. The molecule has 1 heterocycles. The summed E-state index contributed by atoms with van der Waals surface area (Å²) in [5, 5.41) is 18.4. The zero-order valence-corrected chi connectivity index (χ0v) is 12.3. The van der Waals surface area contributed by atoms with Crippen LogP contribution in [0.25, 0.3) is 0 Å². The molecule has 1 aromatic heterocycles. The number of nitrogens with zero attached hydrogens (tertiary/aromatic N) is 3. The van der Waals surface area contributed by atoms with Crippen molar-refractivity contribution in [3.05, 3.63) is 57.9 Å². The maximum absolute atomic E-state index is 10.6. The van der Waals surface area contributed by atoms with E-state index in [0.29, 0.717) is 12.6 Å². The Bertz CT molecular complexity index is 592. The molecule has 0 bridgehead atoms. The summed E-state index contributed by atoms with van der Waals surface area (Å²) >= 11 is 0. The van der Waals surface area contributed by atoms with Crippen LogP contribution in [0.3, 0.4) is 0 Å². The van der Waals surface area contributed by atoms with Gasteiger partial charge in [0.25, 0.3) is 5.69 Å². The van der Waals surface area contributed by atoms with Gasteiger partial charge in [-0.25, -0.2) is 0 Å². The minimum absolute atomic E-state index is 0.109. The highest BCUT2D eigenvalue weighted by Gasteiger charge is 2.10. The number of hydrogen-bond donors (Lipinski definition) is 1. The van der Waals surface area contributed by atoms with Gasteiger partial charge in [-0.2, -0.15) is 5.10 Å². The van der Waals surface area contributed by atoms with Crippen LogP contribution < -0.4 is 5.32 Å². The van der Waals surface area contributed by atoms with Crippen LogP contribution >= 0.6 is 0 Å². The van der Waals surface area contributed by atoms with Gasteiger partial charge in [0.2, 0.25) is 0 Å². The molecular formula is C15H20N4O2. The molecule has 0 saturated heterocycles. The first-order valence-corrected chi connectivity index (χ1v) is 7.13. The molecule has 0 aliphatic rings. The fourth-order valence-corrected chi connectivity index (χ4v) is 2.30. The molecule has 1 aromatic carbocycles. The number of rotatable bonds is 7. The zero-order chi connectivity index (χ0) is 15.2. The van der Waals surface area contributed by atoms with E-state index in [1.54, 1.807) is 12.1 Å². The summed E-state index contributed by atoms with van der Waals surface area (Å²) in [5.41, 5.74) is 2.27. The minimum Gasteiger partial charge on any atom is -0.310 e. The van der Waals surface area contributed by atoms with Gasteiger partial charge in [-0.1, -0.05) is 26.0 Å². The molecule has 0 saturated carbocycles. The quantitative estimate of drug-likeness (QED) is 0.628. The van der Waals surface area contributed by atoms with Crippen LogP contribution in [0, 0.1) is 10.1 Å². The van der Waals surface area contributed by atoms with Gasteiger partial charge < -0.3 is 5.32 Å². The normalized spacial score (nSPS) is 12.3. The van der Waals surface area contributed by atoms with E-state index in [4.69, 9.17) is 0 Å². The lowest BCUT2D eigenvalue weighted by molar-refractivity contribution is -0.384. The Kier molecular flexibility index (Phi) is 5.05. The standard InChI is InChI=1S/C15H20N4O2/c1-3-15(16-4-2)13-9-17-18(11-13)10-12-5-7-14(8-6-12)19(20)21/h5-9,11,15-16H,3-4,10H2,1-2H3. The predicted octanol–water partition coefficient (Wildman–Crippen LogP) is 2.90. The van der Waals surface area contributed by atoms with Crippen molar-refractivity contribution in [1.82, 2.24) is 15.1 Å². The highest BCUT2D eigenvalue weighted by Crippen LogP contribution is 2.17. The molecule has 0 spiro atoms. The second kappa shape index (κ2) is 6.99. The van der Waals surface area contributed by atoms with Crippen molar-refractivity contribution in [1.29, 1.82) is 0 Å². The van der Waals surface area contributed by atoms with Gasteiger partial charge in [0.1, 0.15) is 0 Å². The van der Waals surface area contributed by atoms with Crippen molar-refractivity contribution in [2.45, 2.75) is 32.9 Å². The minimum atomic E-state index is -0.391. The third kappa shape index (κ3) is 3.88. The first-order valence-electron chi connectivity index (χ1n) is 7.13. The Labute approximate surface area is 123 Å². The van der Waals surface area contributed by atoms with Crippen molar-refractivity contribution in [3.63, 3.8) is 0 Å². The topological polar surface area (TPSA) is 73.0 Å². The summed E-state index contributed by atoms with van der Waals surface area (Å²) in [5.74, 6) is 0. The molecule has 0 aliphatic heterocycles. The molecule has 0 fully saturated rings. The number of aromatic nitrogens is 2. The van der Waals surface area contributed by atoms with E-state index in [2.05, 4.69) is 24.3 Å². The maximum Gasteiger partial charge on any atom is 0.269 e. The zero-order valence-electron chi connectivity index (χ0n) is 12.3. The third-order valence-corrected chi connectivity index (χ3v) is 3.41. The van der Waals surface area contributed by atoms with Gasteiger partial charge in [-0.3, -0.25) is 14.8 Å². The van der Waals surface area contributed by atoms with Crippen LogP contribution in [0.5, 0.6) is 0 Å². The molecule has 1 N–H and O–H groups in total. The second-order valence-electron chi connectivity index (χ2n) is 4.91. The monoisotopic (exact) mass is 288 g/mol. The average molecular weight is 288 g/mol. The number of nitro benzene ring substituents is 1. The molecule has 2 rings (SSSR count). The molecule has 1 unspecified atom stereocenters. The first-order chi connectivity index (χ1) is 10.1. The first kappa shape index (κ1) is 15.2. The fourth-order valence-electron chi connectivity index (χ4n) is 2.30. The summed E-state index contributed by atoms with van der Waals surface area (Å²) < 4.78 is 1.86. The molecule has 21 heavy (non-hydrogen) atoms. The van der Waals surface area contributed by atoms with Gasteiger partial charge in [-0.15, -0.1) is 0 Å². The lowest BCUT2D eigenvalue weighted by atomic mass is 10.1. The van der Waals surface area contributed by atoms with Crippen LogP contribution in [0.1, 0.15) is 37.4 Å². The summed E-state index contributed by atoms with van der Waals surface area (Å²) in [6.45, 7) is 5.76. The maximum atomic E-state index is 10.6. The Hall–Kier alpha value is -2.21. The Morgan fingerprint density at radius 2 is 2.05 bits per heavy atom. The van der Waals surface area contributed by atoms with Crippen LogP contribution in [0.15, 0.2) is 36.7 Å². The van der Waals surface area contributed by atoms with E-state index in [1.165, 1.54) is 17.7 Å². The summed E-state index contributed by atoms with van der Waals surface area (Å²) in [4.78, 5) is 10.2. The molecule has 2 aromatic rings. The number of non-ortho nitro benzene ring substituents is 1.